The smallest absolute Gasteiger partial charge is 0.322 e. The fraction of sp³-hybridized carbons (Fsp3) is 0.211. The standard InChI is InChI=1S/C19H18N2O3S/c1-12-16(10-17(22)20-11-19(23)24)25-18(21-12)9-14-7-4-6-13-5-2-3-8-15(13)14/h2-8H,9-11H2,1H3,(H,20,22)(H,23,24). The van der Waals surface area contributed by atoms with Crippen molar-refractivity contribution in [2.75, 3.05) is 6.54 Å². The van der Waals surface area contributed by atoms with Crippen LogP contribution in [0.4, 0.5) is 0 Å². The molecule has 2 aromatic carbocycles. The van der Waals surface area contributed by atoms with Crippen molar-refractivity contribution in [2.24, 2.45) is 0 Å². The van der Waals surface area contributed by atoms with E-state index in [4.69, 9.17) is 5.11 Å². The predicted octanol–water partition coefficient (Wildman–Crippen LogP) is 2.94. The number of benzene rings is 2. The molecule has 25 heavy (non-hydrogen) atoms. The Hall–Kier alpha value is -2.73. The molecule has 0 spiro atoms. The highest BCUT2D eigenvalue weighted by atomic mass is 32.1. The van der Waals surface area contributed by atoms with Crippen LogP contribution in [0.15, 0.2) is 42.5 Å². The van der Waals surface area contributed by atoms with Crippen LogP contribution in [0.5, 0.6) is 0 Å². The van der Waals surface area contributed by atoms with Gasteiger partial charge in [-0.3, -0.25) is 9.59 Å². The molecule has 5 nitrogen and oxygen atoms in total. The molecule has 2 N–H and O–H groups in total. The number of fused-ring (bicyclic) bond motifs is 1. The highest BCUT2D eigenvalue weighted by Gasteiger charge is 2.13. The van der Waals surface area contributed by atoms with E-state index in [0.717, 1.165) is 15.6 Å². The normalized spacial score (nSPS) is 10.8. The van der Waals surface area contributed by atoms with Gasteiger partial charge in [0, 0.05) is 11.3 Å². The molecule has 0 bridgehead atoms. The second-order valence-corrected chi connectivity index (χ2v) is 6.95. The van der Waals surface area contributed by atoms with E-state index < -0.39 is 5.97 Å². The molecule has 0 unspecified atom stereocenters. The van der Waals surface area contributed by atoms with Crippen molar-refractivity contribution < 1.29 is 14.7 Å². The van der Waals surface area contributed by atoms with Gasteiger partial charge in [0.2, 0.25) is 5.91 Å². The highest BCUT2D eigenvalue weighted by molar-refractivity contribution is 7.11. The van der Waals surface area contributed by atoms with E-state index in [-0.39, 0.29) is 18.9 Å². The second-order valence-electron chi connectivity index (χ2n) is 5.78. The summed E-state index contributed by atoms with van der Waals surface area (Å²) in [5.41, 5.74) is 2.03. The van der Waals surface area contributed by atoms with Gasteiger partial charge in [-0.15, -0.1) is 11.3 Å². The zero-order chi connectivity index (χ0) is 17.8. The molecule has 0 saturated heterocycles. The molecule has 0 saturated carbocycles. The van der Waals surface area contributed by atoms with Crippen LogP contribution < -0.4 is 5.32 Å². The van der Waals surface area contributed by atoms with Gasteiger partial charge in [0.15, 0.2) is 0 Å². The van der Waals surface area contributed by atoms with Crippen molar-refractivity contribution in [2.45, 2.75) is 19.8 Å². The number of carboxylic acids is 1. The minimum Gasteiger partial charge on any atom is -0.480 e. The Morgan fingerprint density at radius 2 is 1.92 bits per heavy atom. The van der Waals surface area contributed by atoms with Crippen LogP contribution in [-0.4, -0.2) is 28.5 Å². The maximum absolute atomic E-state index is 11.8. The Labute approximate surface area is 149 Å². The maximum atomic E-state index is 11.8. The number of amides is 1. The second kappa shape index (κ2) is 7.44. The molecule has 0 aliphatic heterocycles. The topological polar surface area (TPSA) is 79.3 Å². The zero-order valence-electron chi connectivity index (χ0n) is 13.8. The van der Waals surface area contributed by atoms with Crippen molar-refractivity contribution in [1.82, 2.24) is 10.3 Å². The first-order valence-corrected chi connectivity index (χ1v) is 8.75. The fourth-order valence-electron chi connectivity index (χ4n) is 2.72. The number of aromatic nitrogens is 1. The van der Waals surface area contributed by atoms with Crippen LogP contribution in [-0.2, 0) is 22.4 Å². The molecule has 1 amide bonds. The van der Waals surface area contributed by atoms with Gasteiger partial charge < -0.3 is 10.4 Å². The van der Waals surface area contributed by atoms with E-state index in [1.807, 2.05) is 25.1 Å². The van der Waals surface area contributed by atoms with E-state index in [0.29, 0.717) is 6.42 Å². The number of nitrogens with one attached hydrogen (secondary N) is 1. The minimum atomic E-state index is -1.05. The van der Waals surface area contributed by atoms with Crippen molar-refractivity contribution >= 4 is 34.0 Å². The van der Waals surface area contributed by atoms with E-state index in [1.165, 1.54) is 27.7 Å². The first-order valence-electron chi connectivity index (χ1n) is 7.93. The molecule has 1 aromatic heterocycles. The molecule has 1 heterocycles. The molecule has 3 aromatic rings. The number of aryl methyl sites for hydroxylation is 1. The third-order valence-electron chi connectivity index (χ3n) is 3.92. The van der Waals surface area contributed by atoms with Crippen LogP contribution in [0, 0.1) is 6.92 Å². The molecular formula is C19H18N2O3S. The number of carbonyl (C=O) groups excluding carboxylic acids is 1. The molecule has 0 radical (unpaired) electrons. The molecular weight excluding hydrogens is 336 g/mol. The number of nitrogens with zero attached hydrogens (tertiary/aromatic N) is 1. The molecule has 0 atom stereocenters. The predicted molar refractivity (Wildman–Crippen MR) is 98.0 cm³/mol. The maximum Gasteiger partial charge on any atom is 0.322 e. The van der Waals surface area contributed by atoms with Crippen molar-refractivity contribution in [3.05, 3.63) is 63.6 Å². The largest absolute Gasteiger partial charge is 0.480 e. The third-order valence-corrected chi connectivity index (χ3v) is 5.07. The van der Waals surface area contributed by atoms with Crippen LogP contribution in [0.2, 0.25) is 0 Å². The summed E-state index contributed by atoms with van der Waals surface area (Å²) in [7, 11) is 0. The Kier molecular flexibility index (Phi) is 5.09. The third kappa shape index (κ3) is 4.22. The quantitative estimate of drug-likeness (QED) is 0.713. The zero-order valence-corrected chi connectivity index (χ0v) is 14.6. The number of rotatable bonds is 6. The van der Waals surface area contributed by atoms with Crippen LogP contribution in [0.1, 0.15) is 21.1 Å². The van der Waals surface area contributed by atoms with Gasteiger partial charge >= 0.3 is 5.97 Å². The summed E-state index contributed by atoms with van der Waals surface area (Å²) in [6.45, 7) is 1.52. The van der Waals surface area contributed by atoms with Gasteiger partial charge in [-0.25, -0.2) is 4.98 Å². The molecule has 0 fully saturated rings. The lowest BCUT2D eigenvalue weighted by atomic mass is 10.0. The van der Waals surface area contributed by atoms with Gasteiger partial charge in [0.05, 0.1) is 17.1 Å². The van der Waals surface area contributed by atoms with Crippen molar-refractivity contribution in [3.63, 3.8) is 0 Å². The first-order chi connectivity index (χ1) is 12.0. The average Bonchev–Trinajstić information content (AvgIpc) is 2.92. The Balaban J connectivity index is 1.76. The van der Waals surface area contributed by atoms with Gasteiger partial charge in [-0.2, -0.15) is 0 Å². The summed E-state index contributed by atoms with van der Waals surface area (Å²) in [6.07, 6.45) is 0.871. The molecule has 128 valence electrons. The first kappa shape index (κ1) is 17.1. The van der Waals surface area contributed by atoms with Crippen molar-refractivity contribution in [3.8, 4) is 0 Å². The average molecular weight is 354 g/mol. The summed E-state index contributed by atoms with van der Waals surface area (Å²) < 4.78 is 0. The summed E-state index contributed by atoms with van der Waals surface area (Å²) in [5, 5.41) is 14.4. The Bertz CT molecular complexity index is 928. The number of aliphatic carboxylic acids is 1. The number of hydrogen-bond donors (Lipinski definition) is 2. The van der Waals surface area contributed by atoms with E-state index in [9.17, 15) is 9.59 Å². The van der Waals surface area contributed by atoms with Crippen LogP contribution in [0.25, 0.3) is 10.8 Å². The van der Waals surface area contributed by atoms with Gasteiger partial charge in [0.25, 0.3) is 0 Å². The van der Waals surface area contributed by atoms with E-state index in [2.05, 4.69) is 34.6 Å². The Morgan fingerprint density at radius 3 is 2.72 bits per heavy atom. The number of carboxylic acid groups (broad SMARTS) is 1. The van der Waals surface area contributed by atoms with Crippen LogP contribution in [0.3, 0.4) is 0 Å². The SMILES string of the molecule is Cc1nc(Cc2cccc3ccccc23)sc1CC(=O)NCC(=O)O. The lowest BCUT2D eigenvalue weighted by Crippen LogP contribution is -2.30. The van der Waals surface area contributed by atoms with Crippen molar-refractivity contribution in [1.29, 1.82) is 0 Å². The lowest BCUT2D eigenvalue weighted by molar-refractivity contribution is -0.137. The van der Waals surface area contributed by atoms with E-state index in [1.54, 1.807) is 0 Å². The lowest BCUT2D eigenvalue weighted by Gasteiger charge is -2.04. The van der Waals surface area contributed by atoms with Gasteiger partial charge in [-0.05, 0) is 23.3 Å². The van der Waals surface area contributed by atoms with Gasteiger partial charge in [0.1, 0.15) is 6.54 Å². The number of hydrogen-bond acceptors (Lipinski definition) is 4. The monoisotopic (exact) mass is 354 g/mol. The number of thiazole rings is 1. The number of carbonyl (C=O) groups is 2. The highest BCUT2D eigenvalue weighted by Crippen LogP contribution is 2.25. The molecule has 6 heteroatoms. The molecule has 0 aliphatic carbocycles. The molecule has 3 rings (SSSR count). The van der Waals surface area contributed by atoms with Gasteiger partial charge in [-0.1, -0.05) is 42.5 Å². The Morgan fingerprint density at radius 1 is 1.16 bits per heavy atom. The summed E-state index contributed by atoms with van der Waals surface area (Å²) in [4.78, 5) is 27.8. The fourth-order valence-corrected chi connectivity index (χ4v) is 3.81. The summed E-state index contributed by atoms with van der Waals surface area (Å²) in [5.74, 6) is -1.35. The molecule has 0 aliphatic rings. The van der Waals surface area contributed by atoms with Crippen LogP contribution >= 0.6 is 11.3 Å². The summed E-state index contributed by atoms with van der Waals surface area (Å²) >= 11 is 1.51. The van der Waals surface area contributed by atoms with E-state index >= 15 is 0 Å². The summed E-state index contributed by atoms with van der Waals surface area (Å²) in [6, 6.07) is 14.5. The minimum absolute atomic E-state index is 0.159.